The summed E-state index contributed by atoms with van der Waals surface area (Å²) in [4.78, 5) is 20.5. The number of aromatic nitrogens is 1. The highest BCUT2D eigenvalue weighted by atomic mass is 35.5. The molecule has 1 aromatic heterocycles. The highest BCUT2D eigenvalue weighted by molar-refractivity contribution is 7.15. The summed E-state index contributed by atoms with van der Waals surface area (Å²) in [6.45, 7) is 2.41. The maximum atomic E-state index is 13.2. The molecule has 2 aliphatic rings. The summed E-state index contributed by atoms with van der Waals surface area (Å²) < 4.78 is 0. The molecule has 0 radical (unpaired) electrons. The van der Waals surface area contributed by atoms with Crippen molar-refractivity contribution < 1.29 is 4.79 Å². The van der Waals surface area contributed by atoms with Gasteiger partial charge in [-0.05, 0) is 43.4 Å². The predicted octanol–water partition coefficient (Wildman–Crippen LogP) is 3.99. The maximum Gasteiger partial charge on any atom is 0.274 e. The van der Waals surface area contributed by atoms with Crippen molar-refractivity contribution in [2.24, 2.45) is 11.7 Å². The molecule has 0 unspecified atom stereocenters. The van der Waals surface area contributed by atoms with Gasteiger partial charge in [0.1, 0.15) is 5.69 Å². The zero-order valence-corrected chi connectivity index (χ0v) is 15.5. The summed E-state index contributed by atoms with van der Waals surface area (Å²) in [6, 6.07) is 5.89. The zero-order chi connectivity index (χ0) is 17.0. The SMILES string of the molecule is Cc1nc(C(=O)N2[C@H](CN)C[C@@H]3C[C@@H]32)c(-c2ccc(Cl)c(Cl)c2)s1. The number of piperidine rings is 1. The Bertz CT molecular complexity index is 822. The van der Waals surface area contributed by atoms with Gasteiger partial charge in [0, 0.05) is 18.6 Å². The van der Waals surface area contributed by atoms with Crippen LogP contribution >= 0.6 is 34.5 Å². The van der Waals surface area contributed by atoms with Gasteiger partial charge in [0.2, 0.25) is 0 Å². The van der Waals surface area contributed by atoms with E-state index in [4.69, 9.17) is 28.9 Å². The molecule has 1 saturated heterocycles. The topological polar surface area (TPSA) is 59.2 Å². The van der Waals surface area contributed by atoms with E-state index < -0.39 is 0 Å². The third-order valence-corrected chi connectivity index (χ3v) is 6.59. The number of carbonyl (C=O) groups is 1. The second kappa shape index (κ2) is 5.99. The predicted molar refractivity (Wildman–Crippen MR) is 97.8 cm³/mol. The summed E-state index contributed by atoms with van der Waals surface area (Å²) in [5.74, 6) is 0.608. The molecule has 1 amide bonds. The van der Waals surface area contributed by atoms with Crippen molar-refractivity contribution in [2.75, 3.05) is 6.54 Å². The number of thiazole rings is 1. The average molecular weight is 382 g/mol. The van der Waals surface area contributed by atoms with Gasteiger partial charge < -0.3 is 10.6 Å². The number of rotatable bonds is 3. The molecule has 1 aliphatic carbocycles. The second-order valence-electron chi connectivity index (χ2n) is 6.44. The summed E-state index contributed by atoms with van der Waals surface area (Å²) >= 11 is 13.7. The van der Waals surface area contributed by atoms with Crippen LogP contribution in [0.15, 0.2) is 18.2 Å². The molecule has 7 heteroatoms. The highest BCUT2D eigenvalue weighted by Gasteiger charge is 2.54. The number of fused-ring (bicyclic) bond motifs is 1. The number of benzene rings is 1. The number of halogens is 2. The Balaban J connectivity index is 1.73. The minimum absolute atomic E-state index is 0.0131. The molecule has 2 fully saturated rings. The van der Waals surface area contributed by atoms with Crippen LogP contribution in [0, 0.1) is 12.8 Å². The van der Waals surface area contributed by atoms with Gasteiger partial charge in [0.05, 0.1) is 19.9 Å². The Kier molecular flexibility index (Phi) is 4.07. The number of likely N-dealkylation sites (tertiary alicyclic amines) is 1. The van der Waals surface area contributed by atoms with Crippen molar-refractivity contribution >= 4 is 40.4 Å². The van der Waals surface area contributed by atoms with Gasteiger partial charge in [0.25, 0.3) is 5.91 Å². The molecular weight excluding hydrogens is 365 g/mol. The highest BCUT2D eigenvalue weighted by Crippen LogP contribution is 2.48. The van der Waals surface area contributed by atoms with E-state index in [1.54, 1.807) is 12.1 Å². The third-order valence-electron chi connectivity index (χ3n) is 4.84. The van der Waals surface area contributed by atoms with Gasteiger partial charge in [-0.3, -0.25) is 4.79 Å². The summed E-state index contributed by atoms with van der Waals surface area (Å²) in [5, 5.41) is 1.83. The van der Waals surface area contributed by atoms with Crippen molar-refractivity contribution in [1.82, 2.24) is 9.88 Å². The molecule has 2 N–H and O–H groups in total. The number of hydrogen-bond acceptors (Lipinski definition) is 4. The van der Waals surface area contributed by atoms with Crippen molar-refractivity contribution in [3.8, 4) is 10.4 Å². The minimum Gasteiger partial charge on any atom is -0.330 e. The van der Waals surface area contributed by atoms with E-state index in [0.717, 1.165) is 28.3 Å². The second-order valence-corrected chi connectivity index (χ2v) is 8.46. The smallest absolute Gasteiger partial charge is 0.274 e. The molecule has 0 spiro atoms. The molecule has 4 nitrogen and oxygen atoms in total. The fourth-order valence-corrected chi connectivity index (χ4v) is 4.82. The average Bonchev–Trinajstić information content (AvgIpc) is 3.05. The molecule has 4 rings (SSSR count). The van der Waals surface area contributed by atoms with Crippen LogP contribution < -0.4 is 5.73 Å². The van der Waals surface area contributed by atoms with Crippen LogP contribution in [0.2, 0.25) is 10.0 Å². The van der Waals surface area contributed by atoms with Gasteiger partial charge in [-0.15, -0.1) is 11.3 Å². The normalized spacial score (nSPS) is 25.0. The lowest BCUT2D eigenvalue weighted by molar-refractivity contribution is 0.0701. The number of nitrogens with zero attached hydrogens (tertiary/aromatic N) is 2. The van der Waals surface area contributed by atoms with Crippen molar-refractivity contribution in [2.45, 2.75) is 31.8 Å². The Hall–Kier alpha value is -1.14. The van der Waals surface area contributed by atoms with Crippen molar-refractivity contribution in [3.05, 3.63) is 38.9 Å². The van der Waals surface area contributed by atoms with E-state index in [2.05, 4.69) is 4.98 Å². The number of amides is 1. The van der Waals surface area contributed by atoms with E-state index in [1.807, 2.05) is 17.9 Å². The van der Waals surface area contributed by atoms with Crippen molar-refractivity contribution in [3.63, 3.8) is 0 Å². The van der Waals surface area contributed by atoms with E-state index in [0.29, 0.717) is 34.2 Å². The maximum absolute atomic E-state index is 13.2. The molecule has 2 heterocycles. The molecule has 126 valence electrons. The fourth-order valence-electron chi connectivity index (χ4n) is 3.61. The Labute approximate surface area is 154 Å². The number of hydrogen-bond donors (Lipinski definition) is 1. The quantitative estimate of drug-likeness (QED) is 0.874. The molecule has 24 heavy (non-hydrogen) atoms. The zero-order valence-electron chi connectivity index (χ0n) is 13.1. The van der Waals surface area contributed by atoms with Crippen LogP contribution in [0.5, 0.6) is 0 Å². The number of carbonyl (C=O) groups excluding carboxylic acids is 1. The Morgan fingerprint density at radius 3 is 2.88 bits per heavy atom. The summed E-state index contributed by atoms with van der Waals surface area (Å²) in [5.41, 5.74) is 7.24. The number of aryl methyl sites for hydroxylation is 1. The van der Waals surface area contributed by atoms with Gasteiger partial charge in [-0.1, -0.05) is 29.3 Å². The molecular formula is C17H17Cl2N3OS. The lowest BCUT2D eigenvalue weighted by Gasteiger charge is -2.26. The largest absolute Gasteiger partial charge is 0.330 e. The van der Waals surface area contributed by atoms with Crippen LogP contribution in [-0.2, 0) is 0 Å². The standard InChI is InChI=1S/C17H17Cl2N3OS/c1-8-21-15(16(24-8)9-2-3-12(18)13(19)5-9)17(23)22-11(7-20)4-10-6-14(10)22/h2-3,5,10-11,14H,4,6-7,20H2,1H3/t10-,11+,14+/m1/s1. The van der Waals surface area contributed by atoms with Crippen LogP contribution in [0.3, 0.4) is 0 Å². The minimum atomic E-state index is -0.0131. The number of nitrogens with two attached hydrogens (primary N) is 1. The van der Waals surface area contributed by atoms with Gasteiger partial charge in [0.15, 0.2) is 0 Å². The van der Waals surface area contributed by atoms with E-state index >= 15 is 0 Å². The third kappa shape index (κ3) is 2.64. The summed E-state index contributed by atoms with van der Waals surface area (Å²) in [7, 11) is 0. The molecule has 1 saturated carbocycles. The van der Waals surface area contributed by atoms with Crippen LogP contribution in [0.25, 0.3) is 10.4 Å². The Morgan fingerprint density at radius 1 is 1.38 bits per heavy atom. The molecule has 1 aromatic carbocycles. The lowest BCUT2D eigenvalue weighted by Crippen LogP contribution is -2.42. The molecule has 3 atom stereocenters. The summed E-state index contributed by atoms with van der Waals surface area (Å²) in [6.07, 6.45) is 2.10. The monoisotopic (exact) mass is 381 g/mol. The van der Waals surface area contributed by atoms with Crippen LogP contribution in [0.4, 0.5) is 0 Å². The first kappa shape index (κ1) is 16.3. The van der Waals surface area contributed by atoms with E-state index in [9.17, 15) is 4.79 Å². The van der Waals surface area contributed by atoms with Gasteiger partial charge in [-0.25, -0.2) is 4.98 Å². The van der Waals surface area contributed by atoms with Crippen molar-refractivity contribution in [1.29, 1.82) is 0 Å². The van der Waals surface area contributed by atoms with E-state index in [1.165, 1.54) is 11.3 Å². The molecule has 2 aromatic rings. The van der Waals surface area contributed by atoms with Gasteiger partial charge in [-0.2, -0.15) is 0 Å². The Morgan fingerprint density at radius 2 is 2.17 bits per heavy atom. The van der Waals surface area contributed by atoms with Crippen LogP contribution in [0.1, 0.15) is 28.3 Å². The lowest BCUT2D eigenvalue weighted by atomic mass is 10.1. The molecule has 0 bridgehead atoms. The first-order valence-corrected chi connectivity index (χ1v) is 9.52. The van der Waals surface area contributed by atoms with E-state index in [-0.39, 0.29) is 11.9 Å². The fraction of sp³-hybridized carbons (Fsp3) is 0.412. The molecule has 1 aliphatic heterocycles. The first-order valence-electron chi connectivity index (χ1n) is 7.95. The van der Waals surface area contributed by atoms with Crippen LogP contribution in [-0.4, -0.2) is 34.4 Å². The van der Waals surface area contributed by atoms with Gasteiger partial charge >= 0.3 is 0 Å². The first-order chi connectivity index (χ1) is 11.5.